The third kappa shape index (κ3) is 5.00. The fourth-order valence-electron chi connectivity index (χ4n) is 1.31. The number of nitrogens with two attached hydrogens (primary N) is 1. The van der Waals surface area contributed by atoms with Crippen LogP contribution in [0.5, 0.6) is 0 Å². The molecule has 0 saturated carbocycles. The molecule has 1 rings (SSSR count). The molecule has 0 aliphatic heterocycles. The number of hydrogen-bond donors (Lipinski definition) is 2. The van der Waals surface area contributed by atoms with Crippen molar-refractivity contribution in [2.45, 2.75) is 32.4 Å². The van der Waals surface area contributed by atoms with E-state index in [-0.39, 0.29) is 11.2 Å². The molecule has 1 aromatic carbocycles. The molecule has 2 unspecified atom stereocenters. The highest BCUT2D eigenvalue weighted by atomic mass is 32.2. The largest absolute Gasteiger partial charge is 0.399 e. The summed E-state index contributed by atoms with van der Waals surface area (Å²) in [5.74, 6) is 1.72. The molecule has 1 amide bonds. The number of carbonyl (C=O) groups excluding carboxylic acids is 1. The summed E-state index contributed by atoms with van der Waals surface area (Å²) in [6, 6.07) is 7.21. The fourth-order valence-corrected chi connectivity index (χ4v) is 2.38. The second-order valence-electron chi connectivity index (χ2n) is 4.60. The molecular formula is C14H22N2OS. The Morgan fingerprint density at radius 2 is 1.94 bits per heavy atom. The van der Waals surface area contributed by atoms with Crippen LogP contribution in [0.1, 0.15) is 27.2 Å². The van der Waals surface area contributed by atoms with Crippen molar-refractivity contribution in [2.24, 2.45) is 5.92 Å². The van der Waals surface area contributed by atoms with E-state index in [0.717, 1.165) is 17.9 Å². The Morgan fingerprint density at radius 1 is 1.33 bits per heavy atom. The minimum absolute atomic E-state index is 0.0310. The molecule has 0 heterocycles. The van der Waals surface area contributed by atoms with Gasteiger partial charge in [0, 0.05) is 11.4 Å². The van der Waals surface area contributed by atoms with Crippen molar-refractivity contribution < 1.29 is 4.79 Å². The van der Waals surface area contributed by atoms with Crippen LogP contribution in [-0.2, 0) is 4.79 Å². The molecule has 0 aromatic heterocycles. The van der Waals surface area contributed by atoms with E-state index in [9.17, 15) is 4.79 Å². The van der Waals surface area contributed by atoms with Gasteiger partial charge in [-0.05, 0) is 42.9 Å². The Kier molecular flexibility index (Phi) is 6.05. The predicted octanol–water partition coefficient (Wildman–Crippen LogP) is 3.38. The minimum atomic E-state index is -0.0310. The van der Waals surface area contributed by atoms with Gasteiger partial charge in [-0.3, -0.25) is 4.79 Å². The normalized spacial score (nSPS) is 13.9. The van der Waals surface area contributed by atoms with E-state index in [4.69, 9.17) is 5.73 Å². The number of anilines is 2. The van der Waals surface area contributed by atoms with Gasteiger partial charge in [0.1, 0.15) is 0 Å². The summed E-state index contributed by atoms with van der Waals surface area (Å²) in [6.07, 6.45) is 1.15. The van der Waals surface area contributed by atoms with Gasteiger partial charge >= 0.3 is 0 Å². The van der Waals surface area contributed by atoms with Gasteiger partial charge < -0.3 is 11.1 Å². The van der Waals surface area contributed by atoms with E-state index in [1.807, 2.05) is 19.1 Å². The van der Waals surface area contributed by atoms with Gasteiger partial charge in [-0.1, -0.05) is 20.3 Å². The summed E-state index contributed by atoms with van der Waals surface area (Å²) in [6.45, 7) is 6.32. The number of nitrogens with one attached hydrogen (secondary N) is 1. The highest BCUT2D eigenvalue weighted by Crippen LogP contribution is 2.19. The Labute approximate surface area is 114 Å². The third-order valence-electron chi connectivity index (χ3n) is 2.88. The van der Waals surface area contributed by atoms with Crippen LogP contribution in [0.3, 0.4) is 0 Å². The average Bonchev–Trinajstić information content (AvgIpc) is 2.38. The second kappa shape index (κ2) is 7.31. The molecule has 4 heteroatoms. The van der Waals surface area contributed by atoms with E-state index >= 15 is 0 Å². The van der Waals surface area contributed by atoms with Crippen molar-refractivity contribution in [3.63, 3.8) is 0 Å². The first-order valence-electron chi connectivity index (χ1n) is 6.31. The first-order valence-corrected chi connectivity index (χ1v) is 7.35. The zero-order chi connectivity index (χ0) is 13.5. The van der Waals surface area contributed by atoms with Crippen molar-refractivity contribution in [1.29, 1.82) is 0 Å². The number of amides is 1. The Bertz CT molecular complexity index is 378. The van der Waals surface area contributed by atoms with Crippen molar-refractivity contribution in [3.05, 3.63) is 24.3 Å². The zero-order valence-electron chi connectivity index (χ0n) is 11.3. The van der Waals surface area contributed by atoms with Crippen molar-refractivity contribution in [2.75, 3.05) is 16.8 Å². The molecule has 3 nitrogen and oxygen atoms in total. The lowest BCUT2D eigenvalue weighted by molar-refractivity contribution is -0.115. The van der Waals surface area contributed by atoms with Crippen LogP contribution in [0.4, 0.5) is 11.4 Å². The lowest BCUT2D eigenvalue weighted by Crippen LogP contribution is -2.23. The van der Waals surface area contributed by atoms with Crippen LogP contribution in [0.15, 0.2) is 24.3 Å². The zero-order valence-corrected chi connectivity index (χ0v) is 12.1. The van der Waals surface area contributed by atoms with E-state index in [0.29, 0.717) is 11.6 Å². The number of rotatable bonds is 6. The molecule has 0 fully saturated rings. The monoisotopic (exact) mass is 266 g/mol. The van der Waals surface area contributed by atoms with Crippen LogP contribution >= 0.6 is 11.8 Å². The maximum absolute atomic E-state index is 11.9. The Hall–Kier alpha value is -1.16. The summed E-state index contributed by atoms with van der Waals surface area (Å²) < 4.78 is 0. The van der Waals surface area contributed by atoms with Gasteiger partial charge in [0.15, 0.2) is 0 Å². The molecule has 0 aliphatic carbocycles. The van der Waals surface area contributed by atoms with Crippen LogP contribution < -0.4 is 11.1 Å². The van der Waals surface area contributed by atoms with Gasteiger partial charge in [0.05, 0.1) is 5.25 Å². The summed E-state index contributed by atoms with van der Waals surface area (Å²) in [5.41, 5.74) is 7.09. The van der Waals surface area contributed by atoms with Gasteiger partial charge in [0.2, 0.25) is 5.91 Å². The van der Waals surface area contributed by atoms with E-state index < -0.39 is 0 Å². The van der Waals surface area contributed by atoms with Crippen molar-refractivity contribution in [1.82, 2.24) is 0 Å². The molecular weight excluding hydrogens is 244 g/mol. The van der Waals surface area contributed by atoms with Crippen molar-refractivity contribution >= 4 is 29.0 Å². The number of benzene rings is 1. The van der Waals surface area contributed by atoms with E-state index in [1.165, 1.54) is 0 Å². The highest BCUT2D eigenvalue weighted by molar-refractivity contribution is 8.00. The molecule has 18 heavy (non-hydrogen) atoms. The number of nitrogen functional groups attached to an aromatic ring is 1. The van der Waals surface area contributed by atoms with Gasteiger partial charge in [-0.15, -0.1) is 11.8 Å². The predicted molar refractivity (Wildman–Crippen MR) is 80.9 cm³/mol. The lowest BCUT2D eigenvalue weighted by atomic mass is 10.2. The SMILES string of the molecule is CCC(C)CSC(C)C(=O)Nc1ccc(N)cc1. The smallest absolute Gasteiger partial charge is 0.237 e. The number of thioether (sulfide) groups is 1. The molecule has 2 atom stereocenters. The summed E-state index contributed by atoms with van der Waals surface area (Å²) >= 11 is 1.70. The fraction of sp³-hybridized carbons (Fsp3) is 0.500. The Morgan fingerprint density at radius 3 is 2.50 bits per heavy atom. The van der Waals surface area contributed by atoms with E-state index in [2.05, 4.69) is 19.2 Å². The van der Waals surface area contributed by atoms with Gasteiger partial charge in [0.25, 0.3) is 0 Å². The quantitative estimate of drug-likeness (QED) is 0.776. The number of carbonyl (C=O) groups is 1. The molecule has 3 N–H and O–H groups in total. The molecule has 100 valence electrons. The average molecular weight is 266 g/mol. The molecule has 0 saturated heterocycles. The van der Waals surface area contributed by atoms with Crippen LogP contribution in [0.2, 0.25) is 0 Å². The summed E-state index contributed by atoms with van der Waals surface area (Å²) in [5, 5.41) is 2.86. The second-order valence-corrected chi connectivity index (χ2v) is 5.97. The molecule has 1 aromatic rings. The Balaban J connectivity index is 2.42. The highest BCUT2D eigenvalue weighted by Gasteiger charge is 2.14. The van der Waals surface area contributed by atoms with Crippen LogP contribution in [-0.4, -0.2) is 16.9 Å². The standard InChI is InChI=1S/C14H22N2OS/c1-4-10(2)9-18-11(3)14(17)16-13-7-5-12(15)6-8-13/h5-8,10-11H,4,9,15H2,1-3H3,(H,16,17). The molecule has 0 bridgehead atoms. The molecule has 0 aliphatic rings. The van der Waals surface area contributed by atoms with Crippen LogP contribution in [0.25, 0.3) is 0 Å². The summed E-state index contributed by atoms with van der Waals surface area (Å²) in [7, 11) is 0. The first kappa shape index (κ1) is 14.9. The molecule has 0 spiro atoms. The molecule has 0 radical (unpaired) electrons. The van der Waals surface area contributed by atoms with Crippen molar-refractivity contribution in [3.8, 4) is 0 Å². The van der Waals surface area contributed by atoms with Gasteiger partial charge in [-0.25, -0.2) is 0 Å². The number of hydrogen-bond acceptors (Lipinski definition) is 3. The topological polar surface area (TPSA) is 55.1 Å². The minimum Gasteiger partial charge on any atom is -0.399 e. The van der Waals surface area contributed by atoms with Crippen LogP contribution in [0, 0.1) is 5.92 Å². The van der Waals surface area contributed by atoms with E-state index in [1.54, 1.807) is 23.9 Å². The lowest BCUT2D eigenvalue weighted by Gasteiger charge is -2.14. The summed E-state index contributed by atoms with van der Waals surface area (Å²) in [4.78, 5) is 11.9. The van der Waals surface area contributed by atoms with Gasteiger partial charge in [-0.2, -0.15) is 0 Å². The first-order chi connectivity index (χ1) is 8.52. The third-order valence-corrected chi connectivity index (χ3v) is 4.35. The maximum atomic E-state index is 11.9. The maximum Gasteiger partial charge on any atom is 0.237 e.